The molecule has 0 fully saturated rings. The van der Waals surface area contributed by atoms with Gasteiger partial charge < -0.3 is 24.3 Å². The molecule has 0 spiro atoms. The quantitative estimate of drug-likeness (QED) is 0.153. The number of carbonyl (C=O) groups excluding carboxylic acids is 3. The zero-order valence-electron chi connectivity index (χ0n) is 26.6. The molecule has 0 bridgehead atoms. The molecule has 0 aliphatic carbocycles. The zero-order valence-corrected chi connectivity index (χ0v) is 28.3. The van der Waals surface area contributed by atoms with Crippen molar-refractivity contribution < 1.29 is 23.9 Å². The van der Waals surface area contributed by atoms with E-state index < -0.39 is 29.5 Å². The molecule has 1 amide bonds. The minimum atomic E-state index is -1.93. The van der Waals surface area contributed by atoms with E-state index in [1.165, 1.54) is 11.3 Å². The summed E-state index contributed by atoms with van der Waals surface area (Å²) in [4.78, 5) is 63.4. The van der Waals surface area contributed by atoms with Gasteiger partial charge in [0.05, 0.1) is 33.9 Å². The number of thiocarbonyl (C=S) groups is 1. The first-order valence-electron chi connectivity index (χ1n) is 16.0. The van der Waals surface area contributed by atoms with E-state index in [-0.39, 0.29) is 41.2 Å². The number of para-hydroxylation sites is 2. The van der Waals surface area contributed by atoms with Crippen LogP contribution in [-0.4, -0.2) is 43.5 Å². The van der Waals surface area contributed by atoms with Gasteiger partial charge in [0.1, 0.15) is 12.6 Å². The number of hydrogen-bond acceptors (Lipinski definition) is 9. The van der Waals surface area contributed by atoms with Gasteiger partial charge in [0.25, 0.3) is 11.5 Å². The van der Waals surface area contributed by atoms with Crippen LogP contribution in [0.1, 0.15) is 45.3 Å². The summed E-state index contributed by atoms with van der Waals surface area (Å²) < 4.78 is 13.4. The van der Waals surface area contributed by atoms with Crippen molar-refractivity contribution in [3.05, 3.63) is 122 Å². The molecule has 6 aromatic rings. The molecule has 3 N–H and O–H groups in total. The largest absolute Gasteiger partial charge is 0.457 e. The van der Waals surface area contributed by atoms with E-state index in [4.69, 9.17) is 26.7 Å². The third-order valence-electron chi connectivity index (χ3n) is 9.32. The fourth-order valence-electron chi connectivity index (χ4n) is 6.81. The summed E-state index contributed by atoms with van der Waals surface area (Å²) in [6.07, 6.45) is 1.87. The average molecular weight is 704 g/mol. The minimum absolute atomic E-state index is 0.00909. The Balaban J connectivity index is 1.17. The van der Waals surface area contributed by atoms with Crippen LogP contribution in [0.4, 0.5) is 0 Å². The van der Waals surface area contributed by atoms with Crippen molar-refractivity contribution >= 4 is 68.3 Å². The number of fused-ring (bicyclic) bond motifs is 6. The Kier molecular flexibility index (Phi) is 7.80. The Morgan fingerprint density at radius 1 is 1.12 bits per heavy atom. The number of esters is 2. The summed E-state index contributed by atoms with van der Waals surface area (Å²) in [5, 5.41) is 9.09. The molecule has 4 aromatic heterocycles. The molecule has 2 atom stereocenters. The van der Waals surface area contributed by atoms with E-state index in [1.807, 2.05) is 54.6 Å². The summed E-state index contributed by atoms with van der Waals surface area (Å²) in [6, 6.07) is 21.3. The molecular formula is C37H29N5O6S2. The number of pyridine rings is 2. The summed E-state index contributed by atoms with van der Waals surface area (Å²) in [7, 11) is 0. The van der Waals surface area contributed by atoms with Crippen LogP contribution in [0.15, 0.2) is 89.2 Å². The highest BCUT2D eigenvalue weighted by Gasteiger charge is 2.51. The number of aromatic nitrogens is 3. The molecule has 8 rings (SSSR count). The van der Waals surface area contributed by atoms with Gasteiger partial charge in [-0.05, 0) is 59.9 Å². The van der Waals surface area contributed by atoms with Crippen molar-refractivity contribution in [3.63, 3.8) is 0 Å². The number of carbonyl (C=O) groups is 3. The molecule has 250 valence electrons. The Morgan fingerprint density at radius 3 is 2.76 bits per heavy atom. The van der Waals surface area contributed by atoms with Crippen LogP contribution in [-0.2, 0) is 44.2 Å². The number of nitrogens with zero attached hydrogens (tertiary/aromatic N) is 2. The van der Waals surface area contributed by atoms with Gasteiger partial charge in [0.2, 0.25) is 5.60 Å². The maximum atomic E-state index is 14.3. The summed E-state index contributed by atoms with van der Waals surface area (Å²) in [5.74, 6) is -2.03. The first kappa shape index (κ1) is 31.6. The molecule has 50 heavy (non-hydrogen) atoms. The molecule has 0 unspecified atom stereocenters. The fraction of sp³-hybridized carbons (Fsp3) is 0.189. The number of H-pyrrole nitrogens is 1. The van der Waals surface area contributed by atoms with Crippen molar-refractivity contribution in [1.29, 1.82) is 0 Å². The molecule has 0 saturated carbocycles. The predicted molar refractivity (Wildman–Crippen MR) is 192 cm³/mol. The van der Waals surface area contributed by atoms with Gasteiger partial charge in [-0.2, -0.15) is 0 Å². The average Bonchev–Trinajstić information content (AvgIpc) is 3.88. The van der Waals surface area contributed by atoms with Crippen molar-refractivity contribution in [2.24, 2.45) is 0 Å². The SMILES string of the molecule is CC[C@@]1(OC(=O)[C@H](Cc2c[nH]c3ccccc23)NC(=S)NC(=O)c2cccs2)C(=O)OCc2c1cc1n(c2=O)Cc2cc3ccccc3nc2-1. The lowest BCUT2D eigenvalue weighted by atomic mass is 9.85. The summed E-state index contributed by atoms with van der Waals surface area (Å²) in [5.41, 5.74) is 2.69. The first-order chi connectivity index (χ1) is 24.3. The van der Waals surface area contributed by atoms with E-state index in [9.17, 15) is 19.2 Å². The molecule has 2 aliphatic rings. The van der Waals surface area contributed by atoms with Crippen LogP contribution in [0.2, 0.25) is 0 Å². The number of rotatable bonds is 7. The third-order valence-corrected chi connectivity index (χ3v) is 10.4. The number of nitrogens with one attached hydrogen (secondary N) is 3. The standard InChI is InChI=1S/C37H29N5O6S2/c1-2-37(25-16-29-31-22(14-20-8-3-5-10-26(20)39-31)18-42(29)33(44)24(25)19-47-35(37)46)48-34(45)28(15-21-17-38-27-11-6-4-9-23(21)27)40-36(49)41-32(43)30-12-7-13-50-30/h3-14,16-17,28,38H,2,15,18-19H2,1H3,(H2,40,41,43,49)/t28-,37-/m0/s1. The van der Waals surface area contributed by atoms with Crippen LogP contribution >= 0.6 is 23.6 Å². The maximum Gasteiger partial charge on any atom is 0.355 e. The molecule has 0 saturated heterocycles. The minimum Gasteiger partial charge on any atom is -0.457 e. The maximum absolute atomic E-state index is 14.3. The van der Waals surface area contributed by atoms with Crippen LogP contribution in [0.25, 0.3) is 33.2 Å². The Hall–Kier alpha value is -5.66. The van der Waals surface area contributed by atoms with E-state index in [2.05, 4.69) is 15.6 Å². The molecule has 6 heterocycles. The Morgan fingerprint density at radius 2 is 1.94 bits per heavy atom. The first-order valence-corrected chi connectivity index (χ1v) is 17.3. The molecule has 2 aliphatic heterocycles. The monoisotopic (exact) mass is 703 g/mol. The van der Waals surface area contributed by atoms with Gasteiger partial charge in [-0.25, -0.2) is 14.6 Å². The van der Waals surface area contributed by atoms with Gasteiger partial charge in [0.15, 0.2) is 5.11 Å². The number of hydrogen-bond donors (Lipinski definition) is 3. The lowest BCUT2D eigenvalue weighted by Crippen LogP contribution is -2.53. The van der Waals surface area contributed by atoms with E-state index in [0.717, 1.165) is 32.9 Å². The molecular weight excluding hydrogens is 675 g/mol. The Labute approximate surface area is 294 Å². The number of cyclic esters (lactones) is 1. The van der Waals surface area contributed by atoms with Crippen LogP contribution in [0.3, 0.4) is 0 Å². The van der Waals surface area contributed by atoms with Crippen molar-refractivity contribution in [3.8, 4) is 11.4 Å². The molecule has 11 nitrogen and oxygen atoms in total. The smallest absolute Gasteiger partial charge is 0.355 e. The predicted octanol–water partition coefficient (Wildman–Crippen LogP) is 5.09. The number of thiophene rings is 1. The van der Waals surface area contributed by atoms with E-state index >= 15 is 0 Å². The summed E-state index contributed by atoms with van der Waals surface area (Å²) >= 11 is 6.73. The second-order valence-corrected chi connectivity index (χ2v) is 13.6. The van der Waals surface area contributed by atoms with Crippen molar-refractivity contribution in [2.45, 2.75) is 44.6 Å². The topological polar surface area (TPSA) is 144 Å². The normalized spacial score (nSPS) is 16.6. The van der Waals surface area contributed by atoms with Gasteiger partial charge >= 0.3 is 11.9 Å². The molecule has 0 radical (unpaired) electrons. The van der Waals surface area contributed by atoms with Gasteiger partial charge in [0, 0.05) is 40.0 Å². The van der Waals surface area contributed by atoms with Gasteiger partial charge in [-0.1, -0.05) is 49.4 Å². The fourth-order valence-corrected chi connectivity index (χ4v) is 7.66. The van der Waals surface area contributed by atoms with E-state index in [1.54, 1.807) is 41.3 Å². The lowest BCUT2D eigenvalue weighted by Gasteiger charge is -2.36. The molecule has 2 aromatic carbocycles. The summed E-state index contributed by atoms with van der Waals surface area (Å²) in [6.45, 7) is 1.75. The molecule has 13 heteroatoms. The lowest BCUT2D eigenvalue weighted by molar-refractivity contribution is -0.190. The second kappa shape index (κ2) is 12.3. The van der Waals surface area contributed by atoms with Crippen LogP contribution in [0, 0.1) is 0 Å². The number of ether oxygens (including phenoxy) is 2. The third kappa shape index (κ3) is 5.26. The second-order valence-electron chi connectivity index (χ2n) is 12.2. The number of amides is 1. The Bertz CT molecular complexity index is 2430. The van der Waals surface area contributed by atoms with E-state index in [0.29, 0.717) is 22.8 Å². The number of aromatic amines is 1. The van der Waals surface area contributed by atoms with Crippen molar-refractivity contribution in [2.75, 3.05) is 0 Å². The highest BCUT2D eigenvalue weighted by Crippen LogP contribution is 2.41. The van der Waals surface area contributed by atoms with Crippen molar-refractivity contribution in [1.82, 2.24) is 25.2 Å². The van der Waals surface area contributed by atoms with Crippen LogP contribution in [0.5, 0.6) is 0 Å². The van der Waals surface area contributed by atoms with Crippen LogP contribution < -0.4 is 16.2 Å². The highest BCUT2D eigenvalue weighted by molar-refractivity contribution is 7.80. The van der Waals surface area contributed by atoms with Gasteiger partial charge in [-0.15, -0.1) is 11.3 Å². The highest BCUT2D eigenvalue weighted by atomic mass is 32.1. The zero-order chi connectivity index (χ0) is 34.6. The number of benzene rings is 2. The van der Waals surface area contributed by atoms with Gasteiger partial charge in [-0.3, -0.25) is 14.9 Å².